The SMILES string of the molecule is CC(C)c1cc(C(=O)Nc2ccc(C=CC(=O)O)cc2)n(C)n1. The van der Waals surface area contributed by atoms with Crippen LogP contribution >= 0.6 is 0 Å². The molecule has 0 fully saturated rings. The summed E-state index contributed by atoms with van der Waals surface area (Å²) in [5.74, 6) is -0.983. The lowest BCUT2D eigenvalue weighted by Gasteiger charge is -2.05. The Labute approximate surface area is 134 Å². The van der Waals surface area contributed by atoms with Crippen molar-refractivity contribution in [2.75, 3.05) is 5.32 Å². The Morgan fingerprint density at radius 1 is 1.26 bits per heavy atom. The van der Waals surface area contributed by atoms with Crippen molar-refractivity contribution in [1.29, 1.82) is 0 Å². The van der Waals surface area contributed by atoms with Crippen molar-refractivity contribution in [2.24, 2.45) is 7.05 Å². The van der Waals surface area contributed by atoms with E-state index < -0.39 is 5.97 Å². The molecule has 0 spiro atoms. The molecule has 1 aromatic carbocycles. The zero-order valence-corrected chi connectivity index (χ0v) is 13.3. The molecule has 0 radical (unpaired) electrons. The number of rotatable bonds is 5. The second-order valence-corrected chi connectivity index (χ2v) is 5.48. The Balaban J connectivity index is 2.10. The van der Waals surface area contributed by atoms with Crippen LogP contribution in [0.25, 0.3) is 6.08 Å². The van der Waals surface area contributed by atoms with Gasteiger partial charge in [0.05, 0.1) is 5.69 Å². The summed E-state index contributed by atoms with van der Waals surface area (Å²) in [5.41, 5.74) is 2.73. The highest BCUT2D eigenvalue weighted by atomic mass is 16.4. The van der Waals surface area contributed by atoms with Crippen LogP contribution in [0, 0.1) is 0 Å². The Bertz CT molecular complexity index is 743. The maximum absolute atomic E-state index is 12.3. The maximum Gasteiger partial charge on any atom is 0.328 e. The maximum atomic E-state index is 12.3. The van der Waals surface area contributed by atoms with E-state index in [0.29, 0.717) is 11.4 Å². The molecular weight excluding hydrogens is 294 g/mol. The van der Waals surface area contributed by atoms with Gasteiger partial charge in [0.15, 0.2) is 0 Å². The van der Waals surface area contributed by atoms with Crippen LogP contribution in [0.4, 0.5) is 5.69 Å². The van der Waals surface area contributed by atoms with Crippen molar-refractivity contribution in [3.8, 4) is 0 Å². The van der Waals surface area contributed by atoms with Gasteiger partial charge in [-0.25, -0.2) is 4.79 Å². The van der Waals surface area contributed by atoms with Crippen molar-refractivity contribution in [3.63, 3.8) is 0 Å². The Morgan fingerprint density at radius 2 is 1.91 bits per heavy atom. The molecule has 6 nitrogen and oxygen atoms in total. The number of benzene rings is 1. The number of nitrogens with zero attached hydrogens (tertiary/aromatic N) is 2. The van der Waals surface area contributed by atoms with Crippen LogP contribution in [0.2, 0.25) is 0 Å². The van der Waals surface area contributed by atoms with Crippen molar-refractivity contribution in [1.82, 2.24) is 9.78 Å². The molecule has 0 aliphatic rings. The minimum Gasteiger partial charge on any atom is -0.478 e. The number of carboxylic acid groups (broad SMARTS) is 1. The van der Waals surface area contributed by atoms with Gasteiger partial charge in [-0.05, 0) is 35.8 Å². The minimum absolute atomic E-state index is 0.235. The molecule has 6 heteroatoms. The zero-order valence-electron chi connectivity index (χ0n) is 13.3. The van der Waals surface area contributed by atoms with Crippen molar-refractivity contribution >= 4 is 23.6 Å². The van der Waals surface area contributed by atoms with Gasteiger partial charge in [-0.1, -0.05) is 26.0 Å². The van der Waals surface area contributed by atoms with Crippen LogP contribution in [-0.2, 0) is 11.8 Å². The van der Waals surface area contributed by atoms with Crippen molar-refractivity contribution in [2.45, 2.75) is 19.8 Å². The number of nitrogens with one attached hydrogen (secondary N) is 1. The van der Waals surface area contributed by atoms with E-state index >= 15 is 0 Å². The average Bonchev–Trinajstić information content (AvgIpc) is 2.89. The quantitative estimate of drug-likeness (QED) is 0.831. The first-order valence-electron chi connectivity index (χ1n) is 7.23. The molecule has 0 atom stereocenters. The first-order chi connectivity index (χ1) is 10.9. The Morgan fingerprint density at radius 3 is 2.43 bits per heavy atom. The number of aliphatic carboxylic acids is 1. The van der Waals surface area contributed by atoms with E-state index in [9.17, 15) is 9.59 Å². The second kappa shape index (κ2) is 6.91. The Kier molecular flexibility index (Phi) is 4.95. The smallest absolute Gasteiger partial charge is 0.328 e. The lowest BCUT2D eigenvalue weighted by atomic mass is 10.1. The van der Waals surface area contributed by atoms with Gasteiger partial charge >= 0.3 is 5.97 Å². The molecule has 2 N–H and O–H groups in total. The van der Waals surface area contributed by atoms with Crippen molar-refractivity contribution in [3.05, 3.63) is 53.4 Å². The van der Waals surface area contributed by atoms with Gasteiger partial charge in [-0.15, -0.1) is 0 Å². The second-order valence-electron chi connectivity index (χ2n) is 5.48. The number of carbonyl (C=O) groups is 2. The number of aromatic nitrogens is 2. The molecule has 0 saturated heterocycles. The highest BCUT2D eigenvalue weighted by Crippen LogP contribution is 2.16. The third-order valence-electron chi connectivity index (χ3n) is 3.31. The van der Waals surface area contributed by atoms with Gasteiger partial charge in [-0.2, -0.15) is 5.10 Å². The van der Waals surface area contributed by atoms with Crippen LogP contribution < -0.4 is 5.32 Å². The molecule has 1 aromatic heterocycles. The molecule has 1 amide bonds. The lowest BCUT2D eigenvalue weighted by Crippen LogP contribution is -2.15. The number of carboxylic acids is 1. The molecular formula is C17H19N3O3. The number of amides is 1. The van der Waals surface area contributed by atoms with Crippen LogP contribution in [0.5, 0.6) is 0 Å². The average molecular weight is 313 g/mol. The monoisotopic (exact) mass is 313 g/mol. The van der Waals surface area contributed by atoms with Crippen molar-refractivity contribution < 1.29 is 14.7 Å². The normalized spacial score (nSPS) is 11.1. The molecule has 0 aliphatic carbocycles. The largest absolute Gasteiger partial charge is 0.478 e. The summed E-state index contributed by atoms with van der Waals surface area (Å²) in [6.07, 6.45) is 2.56. The summed E-state index contributed by atoms with van der Waals surface area (Å²) in [7, 11) is 1.74. The zero-order chi connectivity index (χ0) is 17.0. The molecule has 0 aliphatic heterocycles. The Hall–Kier alpha value is -2.89. The molecule has 120 valence electrons. The summed E-state index contributed by atoms with van der Waals surface area (Å²) in [5, 5.41) is 15.7. The lowest BCUT2D eigenvalue weighted by molar-refractivity contribution is -0.131. The molecule has 23 heavy (non-hydrogen) atoms. The summed E-state index contributed by atoms with van der Waals surface area (Å²) in [6, 6.07) is 8.69. The fraction of sp³-hybridized carbons (Fsp3) is 0.235. The number of hydrogen-bond acceptors (Lipinski definition) is 3. The van der Waals surface area contributed by atoms with Crippen LogP contribution in [0.15, 0.2) is 36.4 Å². The van der Waals surface area contributed by atoms with E-state index in [1.54, 1.807) is 42.1 Å². The third-order valence-corrected chi connectivity index (χ3v) is 3.31. The van der Waals surface area contributed by atoms with Gasteiger partial charge in [0.2, 0.25) is 0 Å². The van der Waals surface area contributed by atoms with E-state index in [4.69, 9.17) is 5.11 Å². The fourth-order valence-electron chi connectivity index (χ4n) is 2.02. The summed E-state index contributed by atoms with van der Waals surface area (Å²) in [4.78, 5) is 22.8. The van der Waals surface area contributed by atoms with E-state index in [1.807, 2.05) is 13.8 Å². The molecule has 0 unspecified atom stereocenters. The van der Waals surface area contributed by atoms with E-state index in [1.165, 1.54) is 6.08 Å². The van der Waals surface area contributed by atoms with E-state index in [2.05, 4.69) is 10.4 Å². The first-order valence-corrected chi connectivity index (χ1v) is 7.23. The standard InChI is InChI=1S/C17H19N3O3/c1-11(2)14-10-15(20(3)19-14)17(23)18-13-7-4-12(5-8-13)6-9-16(21)22/h4-11H,1-3H3,(H,18,23)(H,21,22). The van der Waals surface area contributed by atoms with Gasteiger partial charge in [0.25, 0.3) is 5.91 Å². The van der Waals surface area contributed by atoms with Gasteiger partial charge in [-0.3, -0.25) is 9.48 Å². The number of anilines is 1. The molecule has 2 rings (SSSR count). The predicted molar refractivity (Wildman–Crippen MR) is 88.4 cm³/mol. The van der Waals surface area contributed by atoms with Gasteiger partial charge in [0.1, 0.15) is 5.69 Å². The number of aryl methyl sites for hydroxylation is 1. The molecule has 1 heterocycles. The topological polar surface area (TPSA) is 84.2 Å². The summed E-state index contributed by atoms with van der Waals surface area (Å²) in [6.45, 7) is 4.04. The number of hydrogen-bond donors (Lipinski definition) is 2. The summed E-state index contributed by atoms with van der Waals surface area (Å²) < 4.78 is 1.56. The van der Waals surface area contributed by atoms with E-state index in [0.717, 1.165) is 17.3 Å². The highest BCUT2D eigenvalue weighted by molar-refractivity contribution is 6.03. The van der Waals surface area contributed by atoms with Crippen LogP contribution in [-0.4, -0.2) is 26.8 Å². The minimum atomic E-state index is -1.00. The predicted octanol–water partition coefficient (Wildman–Crippen LogP) is 2.89. The number of carbonyl (C=O) groups excluding carboxylic acids is 1. The van der Waals surface area contributed by atoms with Gasteiger partial charge in [0, 0.05) is 18.8 Å². The summed E-state index contributed by atoms with van der Waals surface area (Å²) >= 11 is 0. The van der Waals surface area contributed by atoms with E-state index in [-0.39, 0.29) is 11.8 Å². The fourth-order valence-corrected chi connectivity index (χ4v) is 2.02. The van der Waals surface area contributed by atoms with Crippen LogP contribution in [0.3, 0.4) is 0 Å². The first kappa shape index (κ1) is 16.5. The van der Waals surface area contributed by atoms with Gasteiger partial charge < -0.3 is 10.4 Å². The van der Waals surface area contributed by atoms with Crippen LogP contribution in [0.1, 0.15) is 41.5 Å². The highest BCUT2D eigenvalue weighted by Gasteiger charge is 2.15. The molecule has 0 bridgehead atoms. The molecule has 0 saturated carbocycles. The molecule has 2 aromatic rings. The third kappa shape index (κ3) is 4.29.